The van der Waals surface area contributed by atoms with Crippen molar-refractivity contribution in [3.05, 3.63) is 63.9 Å². The van der Waals surface area contributed by atoms with Crippen molar-refractivity contribution in [3.63, 3.8) is 0 Å². The zero-order valence-corrected chi connectivity index (χ0v) is 12.8. The molecule has 2 nitrogen and oxygen atoms in total. The van der Waals surface area contributed by atoms with Crippen LogP contribution in [0.4, 0.5) is 0 Å². The largest absolute Gasteiger partial charge is 0.299 e. The lowest BCUT2D eigenvalue weighted by Crippen LogP contribution is -2.21. The van der Waals surface area contributed by atoms with Crippen molar-refractivity contribution in [3.8, 4) is 0 Å². The van der Waals surface area contributed by atoms with Gasteiger partial charge in [-0.3, -0.25) is 9.78 Å². The Morgan fingerprint density at radius 2 is 2.20 bits per heavy atom. The molecule has 0 N–H and O–H groups in total. The first-order valence-electron chi connectivity index (χ1n) is 6.95. The van der Waals surface area contributed by atoms with E-state index in [4.69, 9.17) is 0 Å². The minimum Gasteiger partial charge on any atom is -0.299 e. The molecule has 0 saturated carbocycles. The normalized spacial score (nSPS) is 17.6. The van der Waals surface area contributed by atoms with Gasteiger partial charge >= 0.3 is 0 Å². The van der Waals surface area contributed by atoms with Crippen LogP contribution in [-0.2, 0) is 17.6 Å². The number of benzene rings is 1. The molecule has 1 atom stereocenters. The van der Waals surface area contributed by atoms with E-state index in [0.717, 1.165) is 35.0 Å². The van der Waals surface area contributed by atoms with Gasteiger partial charge in [-0.15, -0.1) is 0 Å². The molecular formula is C17H16BrNO. The minimum atomic E-state index is -0.0288. The zero-order valence-electron chi connectivity index (χ0n) is 11.2. The number of rotatable bonds is 3. The molecule has 102 valence electrons. The number of carbonyl (C=O) groups excluding carboxylic acids is 1. The van der Waals surface area contributed by atoms with Crippen LogP contribution in [0.1, 0.15) is 35.6 Å². The third-order valence-electron chi connectivity index (χ3n) is 3.85. The molecule has 0 fully saturated rings. The Bertz CT molecular complexity index is 638. The zero-order chi connectivity index (χ0) is 13.9. The third-order valence-corrected chi connectivity index (χ3v) is 4.34. The number of Topliss-reactive ketones (excluding diaryl/α,β-unsaturated/α-hetero) is 1. The average Bonchev–Trinajstić information content (AvgIpc) is 2.46. The third kappa shape index (κ3) is 2.83. The van der Waals surface area contributed by atoms with E-state index in [1.165, 1.54) is 5.56 Å². The summed E-state index contributed by atoms with van der Waals surface area (Å²) in [7, 11) is 0. The topological polar surface area (TPSA) is 30.0 Å². The number of aromatic nitrogens is 1. The predicted octanol–water partition coefficient (Wildman–Crippen LogP) is 4.08. The van der Waals surface area contributed by atoms with E-state index in [1.54, 1.807) is 6.20 Å². The Kier molecular flexibility index (Phi) is 3.97. The summed E-state index contributed by atoms with van der Waals surface area (Å²) in [6, 6.07) is 12.0. The fourth-order valence-corrected chi connectivity index (χ4v) is 3.34. The lowest BCUT2D eigenvalue weighted by Gasteiger charge is -2.23. The maximum atomic E-state index is 12.6. The van der Waals surface area contributed by atoms with Crippen molar-refractivity contribution in [1.29, 1.82) is 0 Å². The summed E-state index contributed by atoms with van der Waals surface area (Å²) in [6.07, 6.45) is 5.33. The van der Waals surface area contributed by atoms with Gasteiger partial charge in [-0.05, 0) is 48.6 Å². The molecule has 3 heteroatoms. The summed E-state index contributed by atoms with van der Waals surface area (Å²) in [5, 5.41) is 0. The number of hydrogen-bond donors (Lipinski definition) is 0. The Morgan fingerprint density at radius 1 is 1.30 bits per heavy atom. The standard InChI is InChI=1S/C17H16BrNO/c18-14-7-1-4-12(10-14)11-16(20)15-8-2-5-13-6-3-9-19-17(13)15/h1,3-4,6-7,9-10,15H,2,5,8,11H2. The second-order valence-corrected chi connectivity index (χ2v) is 6.18. The molecule has 1 aromatic heterocycles. The van der Waals surface area contributed by atoms with Gasteiger partial charge in [0.1, 0.15) is 5.78 Å². The first kappa shape index (κ1) is 13.5. The highest BCUT2D eigenvalue weighted by Crippen LogP contribution is 2.31. The van der Waals surface area contributed by atoms with E-state index in [0.29, 0.717) is 6.42 Å². The second-order valence-electron chi connectivity index (χ2n) is 5.27. The number of fused-ring (bicyclic) bond motifs is 1. The van der Waals surface area contributed by atoms with Crippen LogP contribution in [-0.4, -0.2) is 10.8 Å². The first-order chi connectivity index (χ1) is 9.74. The molecular weight excluding hydrogens is 314 g/mol. The van der Waals surface area contributed by atoms with E-state index in [-0.39, 0.29) is 11.7 Å². The molecule has 1 aliphatic carbocycles. The van der Waals surface area contributed by atoms with Gasteiger partial charge < -0.3 is 0 Å². The van der Waals surface area contributed by atoms with E-state index < -0.39 is 0 Å². The van der Waals surface area contributed by atoms with E-state index in [1.807, 2.05) is 30.3 Å². The van der Waals surface area contributed by atoms with Gasteiger partial charge in [0.15, 0.2) is 0 Å². The molecule has 1 aliphatic rings. The van der Waals surface area contributed by atoms with Crippen molar-refractivity contribution in [2.24, 2.45) is 0 Å². The SMILES string of the molecule is O=C(Cc1cccc(Br)c1)C1CCCc2cccnc21. The van der Waals surface area contributed by atoms with Gasteiger partial charge in [0.2, 0.25) is 0 Å². The lowest BCUT2D eigenvalue weighted by atomic mass is 9.82. The molecule has 20 heavy (non-hydrogen) atoms. The number of ketones is 1. The highest BCUT2D eigenvalue weighted by Gasteiger charge is 2.27. The van der Waals surface area contributed by atoms with Crippen LogP contribution in [0.3, 0.4) is 0 Å². The van der Waals surface area contributed by atoms with Crippen LogP contribution in [0.25, 0.3) is 0 Å². The summed E-state index contributed by atoms with van der Waals surface area (Å²) in [4.78, 5) is 17.0. The van der Waals surface area contributed by atoms with Crippen LogP contribution < -0.4 is 0 Å². The molecule has 3 rings (SSSR count). The monoisotopic (exact) mass is 329 g/mol. The van der Waals surface area contributed by atoms with Crippen LogP contribution in [0, 0.1) is 0 Å². The Morgan fingerprint density at radius 3 is 3.05 bits per heavy atom. The van der Waals surface area contributed by atoms with E-state index >= 15 is 0 Å². The van der Waals surface area contributed by atoms with Crippen LogP contribution in [0.2, 0.25) is 0 Å². The van der Waals surface area contributed by atoms with Gasteiger partial charge in [-0.1, -0.05) is 34.1 Å². The van der Waals surface area contributed by atoms with Gasteiger partial charge in [0.25, 0.3) is 0 Å². The number of nitrogens with zero attached hydrogens (tertiary/aromatic N) is 1. The highest BCUT2D eigenvalue weighted by atomic mass is 79.9. The summed E-state index contributed by atoms with van der Waals surface area (Å²) in [6.45, 7) is 0. The highest BCUT2D eigenvalue weighted by molar-refractivity contribution is 9.10. The molecule has 0 spiro atoms. The maximum absolute atomic E-state index is 12.6. The van der Waals surface area contributed by atoms with Gasteiger partial charge in [-0.25, -0.2) is 0 Å². The van der Waals surface area contributed by atoms with Gasteiger partial charge in [0.05, 0.1) is 11.6 Å². The van der Waals surface area contributed by atoms with Crippen molar-refractivity contribution in [2.75, 3.05) is 0 Å². The van der Waals surface area contributed by atoms with E-state index in [2.05, 4.69) is 27.0 Å². The van der Waals surface area contributed by atoms with Crippen LogP contribution >= 0.6 is 15.9 Å². The molecule has 0 amide bonds. The lowest BCUT2D eigenvalue weighted by molar-refractivity contribution is -0.120. The Balaban J connectivity index is 1.82. The molecule has 0 saturated heterocycles. The summed E-state index contributed by atoms with van der Waals surface area (Å²) in [5.74, 6) is 0.252. The summed E-state index contributed by atoms with van der Waals surface area (Å²) in [5.41, 5.74) is 3.30. The predicted molar refractivity (Wildman–Crippen MR) is 82.8 cm³/mol. The van der Waals surface area contributed by atoms with Crippen LogP contribution in [0.5, 0.6) is 0 Å². The Hall–Kier alpha value is -1.48. The second kappa shape index (κ2) is 5.88. The van der Waals surface area contributed by atoms with Gasteiger partial charge in [-0.2, -0.15) is 0 Å². The fraction of sp³-hybridized carbons (Fsp3) is 0.294. The molecule has 1 unspecified atom stereocenters. The number of halogens is 1. The first-order valence-corrected chi connectivity index (χ1v) is 7.74. The molecule has 2 aromatic rings. The van der Waals surface area contributed by atoms with E-state index in [9.17, 15) is 4.79 Å². The smallest absolute Gasteiger partial charge is 0.146 e. The van der Waals surface area contributed by atoms with Crippen LogP contribution in [0.15, 0.2) is 47.1 Å². The molecule has 0 radical (unpaired) electrons. The van der Waals surface area contributed by atoms with Crippen molar-refractivity contribution < 1.29 is 4.79 Å². The molecule has 0 aliphatic heterocycles. The quantitative estimate of drug-likeness (QED) is 0.849. The van der Waals surface area contributed by atoms with Gasteiger partial charge in [0, 0.05) is 17.1 Å². The number of carbonyl (C=O) groups is 1. The fourth-order valence-electron chi connectivity index (χ4n) is 2.89. The average molecular weight is 330 g/mol. The molecule has 1 aromatic carbocycles. The number of hydrogen-bond acceptors (Lipinski definition) is 2. The van der Waals surface area contributed by atoms with Crippen molar-refractivity contribution >= 4 is 21.7 Å². The minimum absolute atomic E-state index is 0.0288. The molecule has 0 bridgehead atoms. The van der Waals surface area contributed by atoms with Crippen molar-refractivity contribution in [2.45, 2.75) is 31.6 Å². The number of aryl methyl sites for hydroxylation is 1. The van der Waals surface area contributed by atoms with Crippen molar-refractivity contribution in [1.82, 2.24) is 4.98 Å². The number of pyridine rings is 1. The molecule has 1 heterocycles. The Labute approximate surface area is 127 Å². The summed E-state index contributed by atoms with van der Waals surface area (Å²) >= 11 is 3.45. The summed E-state index contributed by atoms with van der Waals surface area (Å²) < 4.78 is 1.02. The maximum Gasteiger partial charge on any atom is 0.146 e.